The summed E-state index contributed by atoms with van der Waals surface area (Å²) in [5.74, 6) is -0.540. The Hall–Kier alpha value is -1.35. The standard InChI is InChI=1S/C13H18O3/c1-3-13(15,12(14)16-4-2)10-11-8-6-5-7-9-11/h5-9,15H,3-4,10H2,1-2H3/t13-/m0/s1. The Morgan fingerprint density at radius 1 is 1.31 bits per heavy atom. The van der Waals surface area contributed by atoms with Crippen molar-refractivity contribution >= 4 is 5.97 Å². The number of hydrogen-bond donors (Lipinski definition) is 1. The molecule has 1 rings (SSSR count). The zero-order valence-corrected chi connectivity index (χ0v) is 9.77. The van der Waals surface area contributed by atoms with Crippen molar-refractivity contribution in [3.63, 3.8) is 0 Å². The number of esters is 1. The third kappa shape index (κ3) is 3.07. The van der Waals surface area contributed by atoms with E-state index in [0.717, 1.165) is 5.56 Å². The number of benzene rings is 1. The van der Waals surface area contributed by atoms with Gasteiger partial charge in [-0.3, -0.25) is 0 Å². The van der Waals surface area contributed by atoms with Gasteiger partial charge in [0.25, 0.3) is 0 Å². The van der Waals surface area contributed by atoms with Gasteiger partial charge in [-0.15, -0.1) is 0 Å². The topological polar surface area (TPSA) is 46.5 Å². The fraction of sp³-hybridized carbons (Fsp3) is 0.462. The van der Waals surface area contributed by atoms with E-state index in [0.29, 0.717) is 12.8 Å². The van der Waals surface area contributed by atoms with Crippen LogP contribution in [-0.2, 0) is 16.0 Å². The minimum atomic E-state index is -1.41. The number of aliphatic hydroxyl groups is 1. The highest BCUT2D eigenvalue weighted by atomic mass is 16.5. The molecule has 0 unspecified atom stereocenters. The maximum Gasteiger partial charge on any atom is 0.338 e. The number of ether oxygens (including phenoxy) is 1. The van der Waals surface area contributed by atoms with Gasteiger partial charge >= 0.3 is 5.97 Å². The Labute approximate surface area is 96.1 Å². The maximum atomic E-state index is 11.6. The van der Waals surface area contributed by atoms with Gasteiger partial charge in [-0.2, -0.15) is 0 Å². The first-order valence-electron chi connectivity index (χ1n) is 5.56. The average molecular weight is 222 g/mol. The SMILES string of the molecule is CCOC(=O)[C@](O)(CC)Cc1ccccc1. The summed E-state index contributed by atoms with van der Waals surface area (Å²) in [6.45, 7) is 3.80. The van der Waals surface area contributed by atoms with Crippen LogP contribution in [0.4, 0.5) is 0 Å². The smallest absolute Gasteiger partial charge is 0.338 e. The maximum absolute atomic E-state index is 11.6. The van der Waals surface area contributed by atoms with Crippen LogP contribution in [-0.4, -0.2) is 23.3 Å². The molecule has 0 aromatic heterocycles. The van der Waals surface area contributed by atoms with Gasteiger partial charge in [0.1, 0.15) is 0 Å². The van der Waals surface area contributed by atoms with E-state index in [2.05, 4.69) is 0 Å². The molecule has 0 bridgehead atoms. The highest BCUT2D eigenvalue weighted by molar-refractivity contribution is 5.79. The van der Waals surface area contributed by atoms with Crippen LogP contribution >= 0.6 is 0 Å². The Bertz CT molecular complexity index is 334. The molecule has 1 aromatic carbocycles. The van der Waals surface area contributed by atoms with Gasteiger partial charge in [-0.25, -0.2) is 4.79 Å². The molecule has 0 aliphatic heterocycles. The summed E-state index contributed by atoms with van der Waals surface area (Å²) in [6.07, 6.45) is 0.643. The zero-order valence-electron chi connectivity index (χ0n) is 9.77. The van der Waals surface area contributed by atoms with Crippen LogP contribution in [0, 0.1) is 0 Å². The summed E-state index contributed by atoms with van der Waals surface area (Å²) < 4.78 is 4.88. The van der Waals surface area contributed by atoms with Crippen molar-refractivity contribution in [2.24, 2.45) is 0 Å². The molecular formula is C13H18O3. The molecule has 0 fully saturated rings. The molecular weight excluding hydrogens is 204 g/mol. The molecule has 1 aromatic rings. The first-order chi connectivity index (χ1) is 7.62. The summed E-state index contributed by atoms with van der Waals surface area (Å²) in [4.78, 5) is 11.6. The summed E-state index contributed by atoms with van der Waals surface area (Å²) >= 11 is 0. The van der Waals surface area contributed by atoms with Crippen LogP contribution in [0.2, 0.25) is 0 Å². The first kappa shape index (κ1) is 12.7. The molecule has 1 N–H and O–H groups in total. The molecule has 0 radical (unpaired) electrons. The van der Waals surface area contributed by atoms with Gasteiger partial charge in [0.15, 0.2) is 5.60 Å². The molecule has 16 heavy (non-hydrogen) atoms. The van der Waals surface area contributed by atoms with Crippen molar-refractivity contribution < 1.29 is 14.6 Å². The van der Waals surface area contributed by atoms with Crippen molar-refractivity contribution in [3.8, 4) is 0 Å². The molecule has 88 valence electrons. The summed E-state index contributed by atoms with van der Waals surface area (Å²) in [7, 11) is 0. The van der Waals surface area contributed by atoms with Crippen LogP contribution in [0.15, 0.2) is 30.3 Å². The quantitative estimate of drug-likeness (QED) is 0.774. The van der Waals surface area contributed by atoms with Crippen LogP contribution in [0.5, 0.6) is 0 Å². The van der Waals surface area contributed by atoms with Crippen molar-refractivity contribution in [2.45, 2.75) is 32.3 Å². The Balaban J connectivity index is 2.78. The molecule has 0 saturated carbocycles. The Kier molecular flexibility index (Phi) is 4.50. The summed E-state index contributed by atoms with van der Waals surface area (Å²) in [5, 5.41) is 10.2. The van der Waals surface area contributed by atoms with E-state index < -0.39 is 11.6 Å². The van der Waals surface area contributed by atoms with Gasteiger partial charge in [0.05, 0.1) is 6.61 Å². The zero-order chi connectivity index (χ0) is 12.0. The lowest BCUT2D eigenvalue weighted by Gasteiger charge is -2.24. The van der Waals surface area contributed by atoms with Crippen molar-refractivity contribution in [2.75, 3.05) is 6.61 Å². The largest absolute Gasteiger partial charge is 0.464 e. The second-order valence-electron chi connectivity index (χ2n) is 3.77. The van der Waals surface area contributed by atoms with E-state index in [1.807, 2.05) is 30.3 Å². The first-order valence-corrected chi connectivity index (χ1v) is 5.56. The molecule has 3 nitrogen and oxygen atoms in total. The lowest BCUT2D eigenvalue weighted by molar-refractivity contribution is -0.165. The summed E-state index contributed by atoms with van der Waals surface area (Å²) in [6, 6.07) is 9.45. The number of hydrogen-bond acceptors (Lipinski definition) is 3. The molecule has 0 spiro atoms. The second-order valence-corrected chi connectivity index (χ2v) is 3.77. The highest BCUT2D eigenvalue weighted by Crippen LogP contribution is 2.19. The fourth-order valence-corrected chi connectivity index (χ4v) is 1.54. The average Bonchev–Trinajstić information content (AvgIpc) is 2.30. The highest BCUT2D eigenvalue weighted by Gasteiger charge is 2.35. The Morgan fingerprint density at radius 3 is 2.44 bits per heavy atom. The van der Waals surface area contributed by atoms with Crippen molar-refractivity contribution in [3.05, 3.63) is 35.9 Å². The third-order valence-electron chi connectivity index (χ3n) is 2.58. The van der Waals surface area contributed by atoms with E-state index in [4.69, 9.17) is 4.74 Å². The van der Waals surface area contributed by atoms with Crippen LogP contribution in [0.25, 0.3) is 0 Å². The van der Waals surface area contributed by atoms with Gasteiger partial charge in [-0.05, 0) is 18.9 Å². The van der Waals surface area contributed by atoms with Gasteiger partial charge in [0, 0.05) is 6.42 Å². The third-order valence-corrected chi connectivity index (χ3v) is 2.58. The molecule has 1 atom stereocenters. The molecule has 0 amide bonds. The van der Waals surface area contributed by atoms with Crippen LogP contribution < -0.4 is 0 Å². The van der Waals surface area contributed by atoms with Gasteiger partial charge in [-0.1, -0.05) is 37.3 Å². The normalized spacial score (nSPS) is 14.2. The lowest BCUT2D eigenvalue weighted by Crippen LogP contribution is -2.41. The molecule has 0 saturated heterocycles. The monoisotopic (exact) mass is 222 g/mol. The Morgan fingerprint density at radius 2 is 1.94 bits per heavy atom. The van der Waals surface area contributed by atoms with E-state index in [9.17, 15) is 9.90 Å². The molecule has 0 aliphatic rings. The number of carbonyl (C=O) groups excluding carboxylic acids is 1. The van der Waals surface area contributed by atoms with Crippen LogP contribution in [0.3, 0.4) is 0 Å². The van der Waals surface area contributed by atoms with Gasteiger partial charge < -0.3 is 9.84 Å². The molecule has 0 aliphatic carbocycles. The predicted molar refractivity (Wildman–Crippen MR) is 62.0 cm³/mol. The minimum absolute atomic E-state index is 0.288. The van der Waals surface area contributed by atoms with E-state index in [1.54, 1.807) is 13.8 Å². The van der Waals surface area contributed by atoms with Crippen LogP contribution in [0.1, 0.15) is 25.8 Å². The van der Waals surface area contributed by atoms with E-state index in [-0.39, 0.29) is 6.61 Å². The molecule has 0 heterocycles. The number of carbonyl (C=O) groups is 1. The number of rotatable bonds is 5. The van der Waals surface area contributed by atoms with Crippen molar-refractivity contribution in [1.29, 1.82) is 0 Å². The minimum Gasteiger partial charge on any atom is -0.464 e. The van der Waals surface area contributed by atoms with E-state index >= 15 is 0 Å². The van der Waals surface area contributed by atoms with Gasteiger partial charge in [0.2, 0.25) is 0 Å². The second kappa shape index (κ2) is 5.66. The fourth-order valence-electron chi connectivity index (χ4n) is 1.54. The molecule has 3 heteroatoms. The van der Waals surface area contributed by atoms with E-state index in [1.165, 1.54) is 0 Å². The lowest BCUT2D eigenvalue weighted by atomic mass is 9.92. The van der Waals surface area contributed by atoms with Crippen molar-refractivity contribution in [1.82, 2.24) is 0 Å². The predicted octanol–water partition coefficient (Wildman–Crippen LogP) is 1.93. The summed E-state index contributed by atoms with van der Waals surface area (Å²) in [5.41, 5.74) is -0.475.